The third kappa shape index (κ3) is 2.44. The van der Waals surface area contributed by atoms with E-state index < -0.39 is 0 Å². The van der Waals surface area contributed by atoms with Crippen LogP contribution < -0.4 is 0 Å². The number of aromatic hydroxyl groups is 2. The molecule has 0 aliphatic rings. The molecule has 4 nitrogen and oxygen atoms in total. The number of phenolic OH excluding ortho intramolecular Hbond substituents is 2. The van der Waals surface area contributed by atoms with Gasteiger partial charge in [0.1, 0.15) is 17.0 Å². The van der Waals surface area contributed by atoms with Crippen molar-refractivity contribution in [2.24, 2.45) is 0 Å². The lowest BCUT2D eigenvalue weighted by molar-refractivity contribution is 0.475. The fourth-order valence-corrected chi connectivity index (χ4v) is 2.68. The van der Waals surface area contributed by atoms with Gasteiger partial charge in [0, 0.05) is 11.1 Å². The monoisotopic (exact) mass is 314 g/mol. The zero-order valence-electron chi connectivity index (χ0n) is 12.7. The fourth-order valence-electron chi connectivity index (χ4n) is 2.68. The molecule has 116 valence electrons. The van der Waals surface area contributed by atoms with Crippen LogP contribution in [0.25, 0.3) is 33.5 Å². The quantitative estimate of drug-likeness (QED) is 0.576. The predicted molar refractivity (Wildman–Crippen MR) is 93.7 cm³/mol. The van der Waals surface area contributed by atoms with Gasteiger partial charge in [0.25, 0.3) is 0 Å². The number of nitrogens with zero attached hydrogens (tertiary/aromatic N) is 2. The van der Waals surface area contributed by atoms with Gasteiger partial charge in [-0.1, -0.05) is 36.4 Å². The Morgan fingerprint density at radius 1 is 0.583 bits per heavy atom. The van der Waals surface area contributed by atoms with Crippen molar-refractivity contribution in [3.63, 3.8) is 0 Å². The van der Waals surface area contributed by atoms with Gasteiger partial charge in [0.15, 0.2) is 0 Å². The molecule has 0 atom stereocenters. The van der Waals surface area contributed by atoms with E-state index in [2.05, 4.69) is 4.98 Å². The van der Waals surface area contributed by atoms with Gasteiger partial charge in [-0.15, -0.1) is 0 Å². The van der Waals surface area contributed by atoms with E-state index in [1.807, 2.05) is 36.4 Å². The Morgan fingerprint density at radius 2 is 1.25 bits per heavy atom. The lowest BCUT2D eigenvalue weighted by atomic mass is 10.0. The molecule has 0 unspecified atom stereocenters. The van der Waals surface area contributed by atoms with E-state index in [0.29, 0.717) is 16.7 Å². The van der Waals surface area contributed by atoms with Gasteiger partial charge in [-0.05, 0) is 36.4 Å². The van der Waals surface area contributed by atoms with Gasteiger partial charge < -0.3 is 10.2 Å². The normalized spacial score (nSPS) is 10.8. The number of benzene rings is 3. The molecule has 0 bridgehead atoms. The van der Waals surface area contributed by atoms with Crippen LogP contribution in [0, 0.1) is 0 Å². The topological polar surface area (TPSA) is 66.2 Å². The van der Waals surface area contributed by atoms with Crippen molar-refractivity contribution in [2.45, 2.75) is 0 Å². The Labute approximate surface area is 138 Å². The molecule has 0 saturated heterocycles. The van der Waals surface area contributed by atoms with E-state index in [0.717, 1.165) is 16.8 Å². The summed E-state index contributed by atoms with van der Waals surface area (Å²) in [5.74, 6) is 0.288. The van der Waals surface area contributed by atoms with E-state index in [1.54, 1.807) is 36.4 Å². The van der Waals surface area contributed by atoms with Crippen molar-refractivity contribution in [1.82, 2.24) is 9.97 Å². The van der Waals surface area contributed by atoms with Crippen LogP contribution in [0.1, 0.15) is 0 Å². The standard InChI is InChI=1S/C20H14N2O2/c23-15-11-9-14(10-12-15)19-18(13-5-2-1-3-6-13)21-16-7-4-8-17(24)20(16)22-19/h1-12,23-24H. The third-order valence-electron chi connectivity index (χ3n) is 3.86. The SMILES string of the molecule is Oc1ccc(-c2nc3c(O)cccc3nc2-c2ccccc2)cc1. The zero-order chi connectivity index (χ0) is 16.5. The highest BCUT2D eigenvalue weighted by atomic mass is 16.3. The summed E-state index contributed by atoms with van der Waals surface area (Å²) in [7, 11) is 0. The molecule has 0 fully saturated rings. The Balaban J connectivity index is 2.05. The van der Waals surface area contributed by atoms with E-state index in [1.165, 1.54) is 0 Å². The summed E-state index contributed by atoms with van der Waals surface area (Å²) in [6.45, 7) is 0. The first-order chi connectivity index (χ1) is 11.7. The third-order valence-corrected chi connectivity index (χ3v) is 3.86. The van der Waals surface area contributed by atoms with Crippen molar-refractivity contribution in [1.29, 1.82) is 0 Å². The number of hydrogen-bond acceptors (Lipinski definition) is 4. The Bertz CT molecular complexity index is 1010. The number of fused-ring (bicyclic) bond motifs is 1. The number of hydrogen-bond donors (Lipinski definition) is 2. The highest BCUT2D eigenvalue weighted by molar-refractivity contribution is 5.89. The molecule has 2 N–H and O–H groups in total. The Kier molecular flexibility index (Phi) is 3.35. The minimum absolute atomic E-state index is 0.0969. The van der Waals surface area contributed by atoms with Gasteiger partial charge >= 0.3 is 0 Å². The van der Waals surface area contributed by atoms with Crippen LogP contribution in [0.2, 0.25) is 0 Å². The highest BCUT2D eigenvalue weighted by Crippen LogP contribution is 2.33. The zero-order valence-corrected chi connectivity index (χ0v) is 12.7. The maximum absolute atomic E-state index is 10.1. The van der Waals surface area contributed by atoms with E-state index in [-0.39, 0.29) is 11.5 Å². The second-order valence-electron chi connectivity index (χ2n) is 5.48. The Morgan fingerprint density at radius 3 is 2.00 bits per heavy atom. The van der Waals surface area contributed by atoms with Crippen molar-refractivity contribution in [3.8, 4) is 34.0 Å². The molecule has 0 aliphatic heterocycles. The van der Waals surface area contributed by atoms with Crippen LogP contribution in [0.4, 0.5) is 0 Å². The first-order valence-corrected chi connectivity index (χ1v) is 7.57. The molecule has 4 heteroatoms. The van der Waals surface area contributed by atoms with E-state index in [4.69, 9.17) is 4.98 Å². The summed E-state index contributed by atoms with van der Waals surface area (Å²) in [5.41, 5.74) is 4.26. The Hall–Kier alpha value is -3.40. The smallest absolute Gasteiger partial charge is 0.143 e. The fraction of sp³-hybridized carbons (Fsp3) is 0. The average Bonchev–Trinajstić information content (AvgIpc) is 2.63. The van der Waals surface area contributed by atoms with Crippen LogP contribution in [0.5, 0.6) is 11.5 Å². The number of aromatic nitrogens is 2. The summed E-state index contributed by atoms with van der Waals surface area (Å²) in [4.78, 5) is 9.38. The van der Waals surface area contributed by atoms with E-state index in [9.17, 15) is 10.2 Å². The van der Waals surface area contributed by atoms with Crippen LogP contribution in [-0.4, -0.2) is 20.2 Å². The van der Waals surface area contributed by atoms with Crippen molar-refractivity contribution in [2.75, 3.05) is 0 Å². The van der Waals surface area contributed by atoms with Crippen LogP contribution in [-0.2, 0) is 0 Å². The molecule has 0 aliphatic carbocycles. The minimum Gasteiger partial charge on any atom is -0.508 e. The van der Waals surface area contributed by atoms with Crippen LogP contribution in [0.3, 0.4) is 0 Å². The summed E-state index contributed by atoms with van der Waals surface area (Å²) in [6.07, 6.45) is 0. The van der Waals surface area contributed by atoms with Crippen LogP contribution in [0.15, 0.2) is 72.8 Å². The van der Waals surface area contributed by atoms with E-state index >= 15 is 0 Å². The second kappa shape index (κ2) is 5.66. The summed E-state index contributed by atoms with van der Waals surface area (Å²) in [5, 5.41) is 19.6. The minimum atomic E-state index is 0.0969. The average molecular weight is 314 g/mol. The van der Waals surface area contributed by atoms with Gasteiger partial charge in [-0.25, -0.2) is 9.97 Å². The lowest BCUT2D eigenvalue weighted by Crippen LogP contribution is -1.95. The highest BCUT2D eigenvalue weighted by Gasteiger charge is 2.14. The molecule has 24 heavy (non-hydrogen) atoms. The maximum atomic E-state index is 10.1. The molecule has 0 saturated carbocycles. The lowest BCUT2D eigenvalue weighted by Gasteiger charge is -2.11. The molecule has 1 heterocycles. The second-order valence-corrected chi connectivity index (χ2v) is 5.48. The number of rotatable bonds is 2. The van der Waals surface area contributed by atoms with Crippen molar-refractivity contribution in [3.05, 3.63) is 72.8 Å². The van der Waals surface area contributed by atoms with Crippen molar-refractivity contribution >= 4 is 11.0 Å². The van der Waals surface area contributed by atoms with Crippen molar-refractivity contribution < 1.29 is 10.2 Å². The number of phenols is 2. The largest absolute Gasteiger partial charge is 0.508 e. The number of para-hydroxylation sites is 1. The van der Waals surface area contributed by atoms with Gasteiger partial charge in [0.05, 0.1) is 16.9 Å². The molecule has 0 radical (unpaired) electrons. The molecule has 3 aromatic carbocycles. The first kappa shape index (κ1) is 14.2. The maximum Gasteiger partial charge on any atom is 0.143 e. The molecule has 0 amide bonds. The first-order valence-electron chi connectivity index (χ1n) is 7.57. The molecule has 1 aromatic heterocycles. The molecular formula is C20H14N2O2. The molecular weight excluding hydrogens is 300 g/mol. The van der Waals surface area contributed by atoms with Gasteiger partial charge in [-0.3, -0.25) is 0 Å². The van der Waals surface area contributed by atoms with Gasteiger partial charge in [-0.2, -0.15) is 0 Å². The molecule has 4 aromatic rings. The molecule has 4 rings (SSSR count). The summed E-state index contributed by atoms with van der Waals surface area (Å²) >= 11 is 0. The predicted octanol–water partition coefficient (Wildman–Crippen LogP) is 4.38. The molecule has 0 spiro atoms. The summed E-state index contributed by atoms with van der Waals surface area (Å²) < 4.78 is 0. The van der Waals surface area contributed by atoms with Gasteiger partial charge in [0.2, 0.25) is 0 Å². The van der Waals surface area contributed by atoms with Crippen LogP contribution >= 0.6 is 0 Å². The summed E-state index contributed by atoms with van der Waals surface area (Å²) in [6, 6.07) is 21.8.